The highest BCUT2D eigenvalue weighted by atomic mass is 16.5. The van der Waals surface area contributed by atoms with Crippen LogP contribution in [-0.4, -0.2) is 40.6 Å². The Kier molecular flexibility index (Phi) is 2.08. The van der Waals surface area contributed by atoms with Crippen LogP contribution in [0, 0.1) is 0 Å². The van der Waals surface area contributed by atoms with Gasteiger partial charge < -0.3 is 14.7 Å². The molecule has 6 heteroatoms. The number of amides is 1. The van der Waals surface area contributed by atoms with Crippen LogP contribution in [0.1, 0.15) is 31.0 Å². The van der Waals surface area contributed by atoms with E-state index in [-0.39, 0.29) is 11.9 Å². The molecule has 1 aromatic rings. The smallest absolute Gasteiger partial charge is 0.322 e. The zero-order chi connectivity index (χ0) is 11.1. The minimum Gasteiger partial charge on any atom is -0.344 e. The number of hydrogen-bond acceptors (Lipinski definition) is 5. The maximum Gasteiger partial charge on any atom is 0.322 e. The summed E-state index contributed by atoms with van der Waals surface area (Å²) in [5.74, 6) is 1.33. The second-order valence-electron chi connectivity index (χ2n) is 4.48. The molecule has 86 valence electrons. The summed E-state index contributed by atoms with van der Waals surface area (Å²) in [6, 6.07) is 0.160. The van der Waals surface area contributed by atoms with Crippen LogP contribution in [0.25, 0.3) is 0 Å². The molecule has 0 spiro atoms. The lowest BCUT2D eigenvalue weighted by Gasteiger charge is -2.09. The van der Waals surface area contributed by atoms with Gasteiger partial charge in [0.2, 0.25) is 5.91 Å². The molecule has 0 radical (unpaired) electrons. The average molecular weight is 222 g/mol. The summed E-state index contributed by atoms with van der Waals surface area (Å²) in [6.07, 6.45) is 3.07. The van der Waals surface area contributed by atoms with Gasteiger partial charge in [-0.15, -0.1) is 0 Å². The molecule has 16 heavy (non-hydrogen) atoms. The second kappa shape index (κ2) is 3.47. The van der Waals surface area contributed by atoms with E-state index in [1.807, 2.05) is 0 Å². The van der Waals surface area contributed by atoms with E-state index in [0.717, 1.165) is 31.6 Å². The maximum absolute atomic E-state index is 11.6. The third kappa shape index (κ3) is 1.64. The molecular formula is C10H14N4O2. The van der Waals surface area contributed by atoms with Crippen LogP contribution in [0.15, 0.2) is 4.52 Å². The normalized spacial score (nSPS) is 25.2. The van der Waals surface area contributed by atoms with E-state index in [2.05, 4.69) is 15.5 Å². The number of anilines is 1. The van der Waals surface area contributed by atoms with Gasteiger partial charge in [-0.2, -0.15) is 4.98 Å². The van der Waals surface area contributed by atoms with Gasteiger partial charge in [0, 0.05) is 19.5 Å². The molecule has 0 unspecified atom stereocenters. The summed E-state index contributed by atoms with van der Waals surface area (Å²) in [5.41, 5.74) is 0. The van der Waals surface area contributed by atoms with Gasteiger partial charge >= 0.3 is 6.01 Å². The Morgan fingerprint density at radius 1 is 1.44 bits per heavy atom. The van der Waals surface area contributed by atoms with Crippen molar-refractivity contribution < 1.29 is 9.32 Å². The van der Waals surface area contributed by atoms with E-state index in [0.29, 0.717) is 11.9 Å². The second-order valence-corrected chi connectivity index (χ2v) is 4.48. The standard InChI is InChI=1S/C10H14N4O2/c1-14-5-4-7(9(14)15)11-10-12-8(13-16-10)6-2-3-6/h6-7H,2-5H2,1H3,(H,11,12,13)/t7-/m0/s1. The Bertz CT molecular complexity index is 413. The van der Waals surface area contributed by atoms with Gasteiger partial charge in [0.15, 0.2) is 5.82 Å². The van der Waals surface area contributed by atoms with E-state index in [1.54, 1.807) is 11.9 Å². The van der Waals surface area contributed by atoms with Crippen LogP contribution >= 0.6 is 0 Å². The van der Waals surface area contributed by atoms with E-state index < -0.39 is 0 Å². The Labute approximate surface area is 93.0 Å². The first-order valence-electron chi connectivity index (χ1n) is 5.59. The fourth-order valence-corrected chi connectivity index (χ4v) is 1.91. The number of likely N-dealkylation sites (tertiary alicyclic amines) is 1. The van der Waals surface area contributed by atoms with Crippen LogP contribution in [0.2, 0.25) is 0 Å². The van der Waals surface area contributed by atoms with Gasteiger partial charge in [-0.1, -0.05) is 5.16 Å². The summed E-state index contributed by atoms with van der Waals surface area (Å²) in [6.45, 7) is 0.778. The van der Waals surface area contributed by atoms with E-state index in [4.69, 9.17) is 4.52 Å². The van der Waals surface area contributed by atoms with Gasteiger partial charge in [0.1, 0.15) is 6.04 Å². The number of carbonyl (C=O) groups is 1. The molecule has 3 rings (SSSR count). The van der Waals surface area contributed by atoms with Gasteiger partial charge in [-0.3, -0.25) is 4.79 Å². The molecule has 1 aliphatic heterocycles. The lowest BCUT2D eigenvalue weighted by Crippen LogP contribution is -2.31. The number of aromatic nitrogens is 2. The molecule has 1 amide bonds. The number of nitrogens with zero attached hydrogens (tertiary/aromatic N) is 3. The molecule has 2 aliphatic rings. The number of rotatable bonds is 3. The van der Waals surface area contributed by atoms with E-state index >= 15 is 0 Å². The number of nitrogens with one attached hydrogen (secondary N) is 1. The summed E-state index contributed by atoms with van der Waals surface area (Å²) in [4.78, 5) is 17.6. The first-order valence-corrected chi connectivity index (χ1v) is 5.59. The fraction of sp³-hybridized carbons (Fsp3) is 0.700. The molecule has 1 N–H and O–H groups in total. The quantitative estimate of drug-likeness (QED) is 0.810. The zero-order valence-corrected chi connectivity index (χ0v) is 9.14. The minimum absolute atomic E-state index is 0.0890. The van der Waals surface area contributed by atoms with Crippen LogP contribution < -0.4 is 5.32 Å². The van der Waals surface area contributed by atoms with Gasteiger partial charge in [-0.25, -0.2) is 0 Å². The molecule has 2 heterocycles. The van der Waals surface area contributed by atoms with Crippen molar-refractivity contribution in [3.8, 4) is 0 Å². The van der Waals surface area contributed by atoms with Crippen molar-refractivity contribution >= 4 is 11.9 Å². The Balaban J connectivity index is 1.67. The summed E-state index contributed by atoms with van der Waals surface area (Å²) < 4.78 is 5.07. The highest BCUT2D eigenvalue weighted by molar-refractivity contribution is 5.85. The SMILES string of the molecule is CN1CC[C@H](Nc2nc(C3CC3)no2)C1=O. The fourth-order valence-electron chi connectivity index (χ4n) is 1.91. The Hall–Kier alpha value is -1.59. The first-order chi connectivity index (χ1) is 7.74. The predicted molar refractivity (Wildman–Crippen MR) is 55.9 cm³/mol. The Morgan fingerprint density at radius 3 is 2.88 bits per heavy atom. The zero-order valence-electron chi connectivity index (χ0n) is 9.14. The third-order valence-electron chi connectivity index (χ3n) is 3.11. The molecule has 1 saturated heterocycles. The summed E-state index contributed by atoms with van der Waals surface area (Å²) in [7, 11) is 1.80. The van der Waals surface area contributed by atoms with Crippen LogP contribution in [0.5, 0.6) is 0 Å². The van der Waals surface area contributed by atoms with Gasteiger partial charge in [0.05, 0.1) is 0 Å². The molecule has 0 bridgehead atoms. The van der Waals surface area contributed by atoms with Crippen molar-refractivity contribution in [3.63, 3.8) is 0 Å². The van der Waals surface area contributed by atoms with Crippen molar-refractivity contribution in [1.82, 2.24) is 15.0 Å². The summed E-state index contributed by atoms with van der Waals surface area (Å²) in [5, 5.41) is 6.88. The van der Waals surface area contributed by atoms with Crippen molar-refractivity contribution in [2.45, 2.75) is 31.2 Å². The highest BCUT2D eigenvalue weighted by Gasteiger charge is 2.32. The predicted octanol–water partition coefficient (Wildman–Crippen LogP) is 0.590. The van der Waals surface area contributed by atoms with Crippen LogP contribution in [-0.2, 0) is 4.79 Å². The molecule has 0 aromatic carbocycles. The lowest BCUT2D eigenvalue weighted by molar-refractivity contribution is -0.127. The monoisotopic (exact) mass is 222 g/mol. The molecule has 1 saturated carbocycles. The van der Waals surface area contributed by atoms with Gasteiger partial charge in [-0.05, 0) is 19.3 Å². The van der Waals surface area contributed by atoms with Crippen molar-refractivity contribution in [1.29, 1.82) is 0 Å². The number of hydrogen-bond donors (Lipinski definition) is 1. The topological polar surface area (TPSA) is 71.3 Å². The third-order valence-corrected chi connectivity index (χ3v) is 3.11. The molecule has 1 atom stereocenters. The van der Waals surface area contributed by atoms with Crippen molar-refractivity contribution in [3.05, 3.63) is 5.82 Å². The lowest BCUT2D eigenvalue weighted by atomic mass is 10.2. The van der Waals surface area contributed by atoms with E-state index in [1.165, 1.54) is 0 Å². The highest BCUT2D eigenvalue weighted by Crippen LogP contribution is 2.38. The number of likely N-dealkylation sites (N-methyl/N-ethyl adjacent to an activating group) is 1. The molecule has 6 nitrogen and oxygen atoms in total. The van der Waals surface area contributed by atoms with Crippen molar-refractivity contribution in [2.75, 3.05) is 18.9 Å². The molecular weight excluding hydrogens is 208 g/mol. The summed E-state index contributed by atoms with van der Waals surface area (Å²) >= 11 is 0. The molecule has 2 fully saturated rings. The molecule has 1 aliphatic carbocycles. The van der Waals surface area contributed by atoms with Gasteiger partial charge in [0.25, 0.3) is 0 Å². The van der Waals surface area contributed by atoms with E-state index in [9.17, 15) is 4.79 Å². The average Bonchev–Trinajstić information content (AvgIpc) is 2.96. The van der Waals surface area contributed by atoms with Crippen molar-refractivity contribution in [2.24, 2.45) is 0 Å². The maximum atomic E-state index is 11.6. The minimum atomic E-state index is -0.211. The van der Waals surface area contributed by atoms with Crippen LogP contribution in [0.4, 0.5) is 6.01 Å². The number of carbonyl (C=O) groups excluding carboxylic acids is 1. The largest absolute Gasteiger partial charge is 0.344 e. The first kappa shape index (κ1) is 9.62. The van der Waals surface area contributed by atoms with Crippen LogP contribution in [0.3, 0.4) is 0 Å². The molecule has 1 aromatic heterocycles. The Morgan fingerprint density at radius 2 is 2.25 bits per heavy atom.